The second-order valence-corrected chi connectivity index (χ2v) is 3.87. The Morgan fingerprint density at radius 2 is 2.24 bits per heavy atom. The van der Waals surface area contributed by atoms with Gasteiger partial charge in [0.1, 0.15) is 5.82 Å². The Morgan fingerprint density at radius 3 is 2.88 bits per heavy atom. The van der Waals surface area contributed by atoms with E-state index in [9.17, 15) is 4.79 Å². The molecule has 0 aliphatic carbocycles. The molecule has 0 N–H and O–H groups in total. The van der Waals surface area contributed by atoms with E-state index in [0.717, 1.165) is 16.9 Å². The molecule has 0 aliphatic rings. The lowest BCUT2D eigenvalue weighted by molar-refractivity contribution is -0.113. The van der Waals surface area contributed by atoms with E-state index in [1.165, 1.54) is 4.90 Å². The van der Waals surface area contributed by atoms with Gasteiger partial charge in [0, 0.05) is 19.8 Å². The normalized spacial score (nSPS) is 10.2. The highest BCUT2D eigenvalue weighted by molar-refractivity contribution is 6.04. The van der Waals surface area contributed by atoms with Gasteiger partial charge in [0.25, 0.3) is 0 Å². The molecule has 17 heavy (non-hydrogen) atoms. The number of anilines is 1. The van der Waals surface area contributed by atoms with Crippen LogP contribution in [0.1, 0.15) is 5.82 Å². The topological polar surface area (TPSA) is 61.9 Å². The van der Waals surface area contributed by atoms with Crippen LogP contribution < -0.4 is 4.90 Å². The van der Waals surface area contributed by atoms with Gasteiger partial charge in [0.05, 0.1) is 11.0 Å². The molecule has 0 spiro atoms. The van der Waals surface area contributed by atoms with Gasteiger partial charge in [-0.2, -0.15) is 5.26 Å². The first-order valence-corrected chi connectivity index (χ1v) is 5.15. The van der Waals surface area contributed by atoms with Crippen molar-refractivity contribution in [1.29, 1.82) is 5.26 Å². The minimum absolute atomic E-state index is 0.586. The molecule has 1 heterocycles. The summed E-state index contributed by atoms with van der Waals surface area (Å²) >= 11 is 0. The van der Waals surface area contributed by atoms with Crippen LogP contribution in [-0.4, -0.2) is 22.5 Å². The van der Waals surface area contributed by atoms with E-state index in [1.54, 1.807) is 25.2 Å². The van der Waals surface area contributed by atoms with Gasteiger partial charge in [0.15, 0.2) is 6.07 Å². The van der Waals surface area contributed by atoms with Gasteiger partial charge in [-0.25, -0.2) is 4.98 Å². The predicted molar refractivity (Wildman–Crippen MR) is 64.5 cm³/mol. The third-order valence-corrected chi connectivity index (χ3v) is 2.88. The molecular weight excluding hydrogens is 216 g/mol. The molecule has 2 rings (SSSR count). The molecule has 1 aromatic heterocycles. The molecule has 0 saturated heterocycles. The van der Waals surface area contributed by atoms with Crippen molar-refractivity contribution in [2.75, 3.05) is 11.9 Å². The van der Waals surface area contributed by atoms with Crippen molar-refractivity contribution in [3.8, 4) is 6.07 Å². The van der Waals surface area contributed by atoms with Crippen LogP contribution in [-0.2, 0) is 11.8 Å². The fourth-order valence-electron chi connectivity index (χ4n) is 1.71. The summed E-state index contributed by atoms with van der Waals surface area (Å²) in [5, 5.41) is 8.57. The highest BCUT2D eigenvalue weighted by atomic mass is 16.2. The van der Waals surface area contributed by atoms with Crippen LogP contribution in [0.5, 0.6) is 0 Å². The summed E-state index contributed by atoms with van der Waals surface area (Å²) in [4.78, 5) is 17.0. The van der Waals surface area contributed by atoms with Crippen molar-refractivity contribution < 1.29 is 4.79 Å². The average molecular weight is 228 g/mol. The Kier molecular flexibility index (Phi) is 2.56. The molecule has 0 unspecified atom stereocenters. The zero-order valence-corrected chi connectivity index (χ0v) is 9.93. The summed E-state index contributed by atoms with van der Waals surface area (Å²) in [6.45, 7) is 1.92. The van der Waals surface area contributed by atoms with E-state index < -0.39 is 5.91 Å². The van der Waals surface area contributed by atoms with E-state index in [4.69, 9.17) is 5.26 Å². The van der Waals surface area contributed by atoms with Crippen LogP contribution in [0.4, 0.5) is 5.69 Å². The SMILES string of the molecule is Cc1nc2cc(N(C)C(=O)C#N)ccc2n1C. The maximum absolute atomic E-state index is 11.3. The van der Waals surface area contributed by atoms with Gasteiger partial charge in [0.2, 0.25) is 0 Å². The van der Waals surface area contributed by atoms with Gasteiger partial charge in [-0.1, -0.05) is 0 Å². The number of fused-ring (bicyclic) bond motifs is 1. The molecule has 1 aromatic carbocycles. The summed E-state index contributed by atoms with van der Waals surface area (Å²) in [7, 11) is 3.51. The number of nitrogens with zero attached hydrogens (tertiary/aromatic N) is 4. The number of hydrogen-bond donors (Lipinski definition) is 0. The van der Waals surface area contributed by atoms with Gasteiger partial charge >= 0.3 is 5.91 Å². The summed E-state index contributed by atoms with van der Waals surface area (Å²) in [6, 6.07) is 7.09. The third-order valence-electron chi connectivity index (χ3n) is 2.88. The minimum Gasteiger partial charge on any atom is -0.331 e. The van der Waals surface area contributed by atoms with Gasteiger partial charge in [-0.05, 0) is 25.1 Å². The molecule has 0 aliphatic heterocycles. The lowest BCUT2D eigenvalue weighted by atomic mass is 10.2. The quantitative estimate of drug-likeness (QED) is 0.692. The summed E-state index contributed by atoms with van der Waals surface area (Å²) < 4.78 is 1.98. The second kappa shape index (κ2) is 3.91. The summed E-state index contributed by atoms with van der Waals surface area (Å²) in [6.07, 6.45) is 0. The van der Waals surface area contributed by atoms with Crippen LogP contribution in [0.25, 0.3) is 11.0 Å². The van der Waals surface area contributed by atoms with Gasteiger partial charge in [-0.3, -0.25) is 4.79 Å². The van der Waals surface area contributed by atoms with Crippen molar-refractivity contribution >= 4 is 22.6 Å². The fraction of sp³-hybridized carbons (Fsp3) is 0.250. The first kappa shape index (κ1) is 11.1. The first-order valence-electron chi connectivity index (χ1n) is 5.15. The number of carbonyl (C=O) groups is 1. The summed E-state index contributed by atoms with van der Waals surface area (Å²) in [5.74, 6) is 0.323. The van der Waals surface area contributed by atoms with Gasteiger partial charge < -0.3 is 9.47 Å². The molecule has 2 aromatic rings. The molecule has 0 bridgehead atoms. The molecule has 0 saturated carbocycles. The molecule has 86 valence electrons. The minimum atomic E-state index is -0.586. The second-order valence-electron chi connectivity index (χ2n) is 3.87. The molecule has 5 heteroatoms. The Balaban J connectivity index is 2.53. The van der Waals surface area contributed by atoms with Crippen LogP contribution >= 0.6 is 0 Å². The van der Waals surface area contributed by atoms with Crippen LogP contribution in [0, 0.1) is 18.3 Å². The van der Waals surface area contributed by atoms with Crippen molar-refractivity contribution in [2.24, 2.45) is 7.05 Å². The highest BCUT2D eigenvalue weighted by Gasteiger charge is 2.11. The maximum atomic E-state index is 11.3. The van der Waals surface area contributed by atoms with E-state index in [-0.39, 0.29) is 0 Å². The Bertz CT molecular complexity index is 636. The Morgan fingerprint density at radius 1 is 1.53 bits per heavy atom. The standard InChI is InChI=1S/C12H12N4O/c1-8-14-10-6-9(16(3)12(17)7-13)4-5-11(10)15(8)2/h4-6H,1-3H3. The van der Waals surface area contributed by atoms with Crippen molar-refractivity contribution in [3.63, 3.8) is 0 Å². The Labute approximate surface area is 98.9 Å². The molecular formula is C12H12N4O. The maximum Gasteiger partial charge on any atom is 0.329 e. The molecule has 0 fully saturated rings. The van der Waals surface area contributed by atoms with E-state index in [2.05, 4.69) is 4.98 Å². The number of hydrogen-bond acceptors (Lipinski definition) is 3. The van der Waals surface area contributed by atoms with Gasteiger partial charge in [-0.15, -0.1) is 0 Å². The lowest BCUT2D eigenvalue weighted by Crippen LogP contribution is -2.24. The van der Waals surface area contributed by atoms with Crippen LogP contribution in [0.3, 0.4) is 0 Å². The molecule has 0 atom stereocenters. The lowest BCUT2D eigenvalue weighted by Gasteiger charge is -2.12. The smallest absolute Gasteiger partial charge is 0.329 e. The van der Waals surface area contributed by atoms with E-state index in [0.29, 0.717) is 5.69 Å². The molecule has 0 radical (unpaired) electrons. The highest BCUT2D eigenvalue weighted by Crippen LogP contribution is 2.21. The molecule has 1 amide bonds. The van der Waals surface area contributed by atoms with Crippen molar-refractivity contribution in [2.45, 2.75) is 6.92 Å². The number of amides is 1. The van der Waals surface area contributed by atoms with E-state index in [1.807, 2.05) is 24.6 Å². The number of aromatic nitrogens is 2. The van der Waals surface area contributed by atoms with Crippen molar-refractivity contribution in [1.82, 2.24) is 9.55 Å². The zero-order valence-electron chi connectivity index (χ0n) is 9.93. The Hall–Kier alpha value is -2.35. The predicted octanol–water partition coefficient (Wildman–Crippen LogP) is 1.37. The zero-order chi connectivity index (χ0) is 12.6. The first-order chi connectivity index (χ1) is 8.04. The van der Waals surface area contributed by atoms with E-state index >= 15 is 0 Å². The third kappa shape index (κ3) is 1.74. The van der Waals surface area contributed by atoms with Crippen LogP contribution in [0.15, 0.2) is 18.2 Å². The monoisotopic (exact) mass is 228 g/mol. The number of carbonyl (C=O) groups excluding carboxylic acids is 1. The summed E-state index contributed by atoms with van der Waals surface area (Å²) in [5.41, 5.74) is 2.49. The average Bonchev–Trinajstić information content (AvgIpc) is 2.62. The fourth-order valence-corrected chi connectivity index (χ4v) is 1.71. The number of nitriles is 1. The molecule has 5 nitrogen and oxygen atoms in total. The number of benzene rings is 1. The van der Waals surface area contributed by atoms with Crippen molar-refractivity contribution in [3.05, 3.63) is 24.0 Å². The largest absolute Gasteiger partial charge is 0.331 e. The number of aryl methyl sites for hydroxylation is 2. The number of imidazole rings is 1. The van der Waals surface area contributed by atoms with Crippen LogP contribution in [0.2, 0.25) is 0 Å². The number of rotatable bonds is 1.